The Morgan fingerprint density at radius 2 is 1.66 bits per heavy atom. The molecule has 2 aliphatic rings. The van der Waals surface area contributed by atoms with Crippen molar-refractivity contribution in [1.29, 1.82) is 0 Å². The first kappa shape index (κ1) is 23.1. The third kappa shape index (κ3) is 5.11. The lowest BCUT2D eigenvalue weighted by atomic mass is 9.72. The van der Waals surface area contributed by atoms with Crippen LogP contribution in [0.1, 0.15) is 87.8 Å². The van der Waals surface area contributed by atoms with Crippen LogP contribution in [0.4, 0.5) is 8.78 Å². The van der Waals surface area contributed by atoms with E-state index in [0.717, 1.165) is 69.4 Å². The summed E-state index contributed by atoms with van der Waals surface area (Å²) in [7, 11) is 0. The van der Waals surface area contributed by atoms with Crippen LogP contribution in [0.3, 0.4) is 0 Å². The molecule has 1 aromatic carbocycles. The average molecular weight is 445 g/mol. The molecule has 1 saturated carbocycles. The monoisotopic (exact) mass is 444 g/mol. The van der Waals surface area contributed by atoms with Gasteiger partial charge in [0.1, 0.15) is 5.82 Å². The molecule has 2 atom stereocenters. The summed E-state index contributed by atoms with van der Waals surface area (Å²) < 4.78 is 40.3. The fourth-order valence-electron chi connectivity index (χ4n) is 5.32. The van der Waals surface area contributed by atoms with Crippen LogP contribution in [0.15, 0.2) is 24.5 Å². The number of halogens is 2. The molecule has 2 aromatic rings. The second-order valence-corrected chi connectivity index (χ2v) is 9.17. The summed E-state index contributed by atoms with van der Waals surface area (Å²) in [6.45, 7) is 4.97. The van der Waals surface area contributed by atoms with Gasteiger partial charge >= 0.3 is 0 Å². The van der Waals surface area contributed by atoms with Gasteiger partial charge < -0.3 is 9.47 Å². The van der Waals surface area contributed by atoms with Crippen LogP contribution >= 0.6 is 0 Å². The van der Waals surface area contributed by atoms with Crippen LogP contribution < -0.4 is 4.74 Å². The Morgan fingerprint density at radius 1 is 0.938 bits per heavy atom. The molecule has 0 bridgehead atoms. The number of ether oxygens (including phenoxy) is 2. The van der Waals surface area contributed by atoms with E-state index in [9.17, 15) is 8.78 Å². The minimum atomic E-state index is -0.857. The largest absolute Gasteiger partial charge is 0.491 e. The van der Waals surface area contributed by atoms with Crippen LogP contribution in [0.2, 0.25) is 0 Å². The zero-order chi connectivity index (χ0) is 22.5. The Balaban J connectivity index is 1.29. The normalized spacial score (nSPS) is 26.1. The molecule has 0 spiro atoms. The molecule has 1 aliphatic heterocycles. The van der Waals surface area contributed by atoms with Gasteiger partial charge in [0.2, 0.25) is 5.82 Å². The van der Waals surface area contributed by atoms with Crippen molar-refractivity contribution < 1.29 is 18.3 Å². The Labute approximate surface area is 189 Å². The van der Waals surface area contributed by atoms with Crippen molar-refractivity contribution in [2.45, 2.75) is 77.2 Å². The van der Waals surface area contributed by atoms with Crippen molar-refractivity contribution in [3.63, 3.8) is 0 Å². The summed E-state index contributed by atoms with van der Waals surface area (Å²) in [5.41, 5.74) is 1.57. The highest BCUT2D eigenvalue weighted by atomic mass is 19.2. The molecular formula is C26H34F2N2O2. The van der Waals surface area contributed by atoms with E-state index < -0.39 is 11.6 Å². The van der Waals surface area contributed by atoms with E-state index in [0.29, 0.717) is 24.0 Å². The molecule has 1 aromatic heterocycles. The number of aryl methyl sites for hydroxylation is 1. The van der Waals surface area contributed by atoms with Gasteiger partial charge in [-0.25, -0.2) is 14.4 Å². The molecule has 0 amide bonds. The molecule has 32 heavy (non-hydrogen) atoms. The maximum Gasteiger partial charge on any atom is 0.200 e. The standard InChI is InChI=1S/C26H34F2N2O2/c1-3-5-24-29-14-20(15-30-24)22-12-10-19(16-32-22)17-6-8-18(9-7-17)21-11-13-23(31-4-2)26(28)25(21)27/h11,13-15,17-19,22H,3-10,12,16H2,1-2H3. The van der Waals surface area contributed by atoms with Gasteiger partial charge in [0.25, 0.3) is 0 Å². The lowest BCUT2D eigenvalue weighted by molar-refractivity contribution is -0.0394. The van der Waals surface area contributed by atoms with E-state index in [-0.39, 0.29) is 17.8 Å². The topological polar surface area (TPSA) is 44.2 Å². The van der Waals surface area contributed by atoms with Crippen molar-refractivity contribution in [2.24, 2.45) is 11.8 Å². The van der Waals surface area contributed by atoms with E-state index in [1.165, 1.54) is 0 Å². The molecule has 0 N–H and O–H groups in total. The highest BCUT2D eigenvalue weighted by Crippen LogP contribution is 2.44. The first-order valence-electron chi connectivity index (χ1n) is 12.1. The number of hydrogen-bond donors (Lipinski definition) is 0. The second kappa shape index (κ2) is 10.7. The van der Waals surface area contributed by atoms with Gasteiger partial charge in [-0.1, -0.05) is 13.0 Å². The number of rotatable bonds is 7. The Bertz CT molecular complexity index is 874. The van der Waals surface area contributed by atoms with Crippen molar-refractivity contribution in [1.82, 2.24) is 9.97 Å². The van der Waals surface area contributed by atoms with Crippen LogP contribution in [0.5, 0.6) is 5.75 Å². The minimum absolute atomic E-state index is 0.00162. The highest BCUT2D eigenvalue weighted by Gasteiger charge is 2.33. The summed E-state index contributed by atoms with van der Waals surface area (Å²) in [4.78, 5) is 8.92. The molecule has 2 heterocycles. The Kier molecular flexibility index (Phi) is 7.71. The second-order valence-electron chi connectivity index (χ2n) is 9.17. The minimum Gasteiger partial charge on any atom is -0.491 e. The SMILES string of the molecule is CCCc1ncc(C2CCC(C3CCC(c4ccc(OCC)c(F)c4F)CC3)CO2)cn1. The molecule has 2 fully saturated rings. The number of nitrogens with zero attached hydrogens (tertiary/aromatic N) is 2. The molecule has 6 heteroatoms. The van der Waals surface area contributed by atoms with E-state index in [1.54, 1.807) is 19.1 Å². The van der Waals surface area contributed by atoms with Gasteiger partial charge in [-0.2, -0.15) is 4.39 Å². The van der Waals surface area contributed by atoms with E-state index in [1.807, 2.05) is 12.4 Å². The first-order valence-corrected chi connectivity index (χ1v) is 12.1. The van der Waals surface area contributed by atoms with Gasteiger partial charge in [-0.05, 0) is 81.3 Å². The molecule has 174 valence electrons. The van der Waals surface area contributed by atoms with E-state index in [4.69, 9.17) is 9.47 Å². The lowest BCUT2D eigenvalue weighted by Gasteiger charge is -2.38. The third-order valence-corrected chi connectivity index (χ3v) is 7.14. The molecule has 1 aliphatic carbocycles. The van der Waals surface area contributed by atoms with E-state index >= 15 is 0 Å². The highest BCUT2D eigenvalue weighted by molar-refractivity contribution is 5.33. The lowest BCUT2D eigenvalue weighted by Crippen LogP contribution is -2.29. The third-order valence-electron chi connectivity index (χ3n) is 7.14. The number of benzene rings is 1. The molecule has 4 rings (SSSR count). The van der Waals surface area contributed by atoms with Gasteiger partial charge in [-0.3, -0.25) is 0 Å². The fraction of sp³-hybridized carbons (Fsp3) is 0.615. The zero-order valence-electron chi connectivity index (χ0n) is 19.2. The summed E-state index contributed by atoms with van der Waals surface area (Å²) in [5, 5.41) is 0. The summed E-state index contributed by atoms with van der Waals surface area (Å²) in [5.74, 6) is 0.500. The quantitative estimate of drug-likeness (QED) is 0.486. The smallest absolute Gasteiger partial charge is 0.200 e. The van der Waals surface area contributed by atoms with E-state index in [2.05, 4.69) is 16.9 Å². The Hall–Kier alpha value is -2.08. The van der Waals surface area contributed by atoms with Gasteiger partial charge in [-0.15, -0.1) is 0 Å². The van der Waals surface area contributed by atoms with Crippen LogP contribution in [-0.4, -0.2) is 23.2 Å². The summed E-state index contributed by atoms with van der Waals surface area (Å²) in [6.07, 6.45) is 11.8. The van der Waals surface area contributed by atoms with Crippen LogP contribution in [0.25, 0.3) is 0 Å². The van der Waals surface area contributed by atoms with Crippen LogP contribution in [-0.2, 0) is 11.2 Å². The zero-order valence-corrected chi connectivity index (χ0v) is 19.2. The van der Waals surface area contributed by atoms with Crippen molar-refractivity contribution in [3.05, 3.63) is 53.1 Å². The fourth-order valence-corrected chi connectivity index (χ4v) is 5.32. The van der Waals surface area contributed by atoms with Crippen molar-refractivity contribution in [2.75, 3.05) is 13.2 Å². The van der Waals surface area contributed by atoms with Crippen molar-refractivity contribution >= 4 is 0 Å². The van der Waals surface area contributed by atoms with Gasteiger partial charge in [0.05, 0.1) is 19.3 Å². The average Bonchev–Trinajstić information content (AvgIpc) is 2.83. The number of aromatic nitrogens is 2. The number of hydrogen-bond acceptors (Lipinski definition) is 4. The summed E-state index contributed by atoms with van der Waals surface area (Å²) >= 11 is 0. The Morgan fingerprint density at radius 3 is 2.28 bits per heavy atom. The van der Waals surface area contributed by atoms with Gasteiger partial charge in [0, 0.05) is 24.4 Å². The molecule has 0 radical (unpaired) electrons. The molecule has 1 saturated heterocycles. The predicted molar refractivity (Wildman–Crippen MR) is 120 cm³/mol. The maximum absolute atomic E-state index is 14.6. The predicted octanol–water partition coefficient (Wildman–Crippen LogP) is 6.55. The maximum atomic E-state index is 14.6. The molecule has 2 unspecified atom stereocenters. The van der Waals surface area contributed by atoms with Gasteiger partial charge in [0.15, 0.2) is 11.6 Å². The molecular weight excluding hydrogens is 410 g/mol. The molecule has 4 nitrogen and oxygen atoms in total. The first-order chi connectivity index (χ1) is 15.6. The van der Waals surface area contributed by atoms with Crippen molar-refractivity contribution in [3.8, 4) is 5.75 Å². The summed E-state index contributed by atoms with van der Waals surface area (Å²) in [6, 6.07) is 3.27. The van der Waals surface area contributed by atoms with Crippen LogP contribution in [0, 0.1) is 23.5 Å².